The summed E-state index contributed by atoms with van der Waals surface area (Å²) in [5.74, 6) is 0.535. The molecule has 0 radical (unpaired) electrons. The van der Waals surface area contributed by atoms with Crippen molar-refractivity contribution >= 4 is 11.6 Å². The lowest BCUT2D eigenvalue weighted by molar-refractivity contribution is -0.139. The number of methoxy groups -OCH3 is 1. The molecule has 2 rings (SSSR count). The van der Waals surface area contributed by atoms with Crippen LogP contribution >= 0.6 is 0 Å². The minimum atomic E-state index is -0.708. The highest BCUT2D eigenvalue weighted by atomic mass is 16.5. The van der Waals surface area contributed by atoms with Gasteiger partial charge >= 0.3 is 0 Å². The third kappa shape index (κ3) is 4.44. The van der Waals surface area contributed by atoms with Gasteiger partial charge in [-0.3, -0.25) is 4.79 Å². The van der Waals surface area contributed by atoms with E-state index < -0.39 is 5.60 Å². The smallest absolute Gasteiger partial charge is 0.256 e. The first kappa shape index (κ1) is 17.7. The quantitative estimate of drug-likeness (QED) is 0.809. The lowest BCUT2D eigenvalue weighted by Gasteiger charge is -2.30. The molecule has 128 valence electrons. The highest BCUT2D eigenvalue weighted by Crippen LogP contribution is 2.31. The lowest BCUT2D eigenvalue weighted by Crippen LogP contribution is -2.44. The Labute approximate surface area is 138 Å². The first-order valence-electron chi connectivity index (χ1n) is 8.58. The van der Waals surface area contributed by atoms with Crippen LogP contribution in [0.3, 0.4) is 0 Å². The van der Waals surface area contributed by atoms with Crippen LogP contribution in [0.25, 0.3) is 0 Å². The third-order valence-corrected chi connectivity index (χ3v) is 4.48. The van der Waals surface area contributed by atoms with Crippen molar-refractivity contribution in [2.75, 3.05) is 19.0 Å². The van der Waals surface area contributed by atoms with E-state index in [1.165, 1.54) is 12.8 Å². The van der Waals surface area contributed by atoms with Crippen molar-refractivity contribution in [3.05, 3.63) is 17.8 Å². The largest absolute Gasteiger partial charge is 0.478 e. The molecule has 0 spiro atoms. The number of anilines is 1. The average Bonchev–Trinajstić information content (AvgIpc) is 2.81. The Bertz CT molecular complexity index is 523. The van der Waals surface area contributed by atoms with Gasteiger partial charge in [0.15, 0.2) is 0 Å². The molecule has 1 heterocycles. The number of rotatable bonds is 6. The Kier molecular flexibility index (Phi) is 6.39. The predicted octanol–water partition coefficient (Wildman–Crippen LogP) is 3.86. The molecule has 0 aliphatic heterocycles. The SMILES string of the molecule is CCCOc1ccc(NC(=O)C2(OC)CCCCCC2)c(C)n1. The summed E-state index contributed by atoms with van der Waals surface area (Å²) in [6, 6.07) is 3.65. The van der Waals surface area contributed by atoms with Crippen molar-refractivity contribution in [3.63, 3.8) is 0 Å². The molecule has 1 aromatic rings. The van der Waals surface area contributed by atoms with Gasteiger partial charge in [-0.25, -0.2) is 4.98 Å². The van der Waals surface area contributed by atoms with E-state index in [2.05, 4.69) is 17.2 Å². The molecule has 1 aliphatic carbocycles. The number of aryl methyl sites for hydroxylation is 1. The topological polar surface area (TPSA) is 60.5 Å². The molecule has 0 aromatic carbocycles. The summed E-state index contributed by atoms with van der Waals surface area (Å²) >= 11 is 0. The van der Waals surface area contributed by atoms with Crippen LogP contribution in [0.5, 0.6) is 5.88 Å². The van der Waals surface area contributed by atoms with E-state index in [1.54, 1.807) is 13.2 Å². The van der Waals surface area contributed by atoms with Crippen LogP contribution in [-0.2, 0) is 9.53 Å². The molecule has 0 bridgehead atoms. The molecule has 0 saturated heterocycles. The molecular formula is C18H28N2O3. The number of amides is 1. The summed E-state index contributed by atoms with van der Waals surface area (Å²) in [7, 11) is 1.64. The molecule has 0 atom stereocenters. The fourth-order valence-electron chi connectivity index (χ4n) is 3.02. The lowest BCUT2D eigenvalue weighted by atomic mass is 9.93. The van der Waals surface area contributed by atoms with Crippen molar-refractivity contribution in [1.82, 2.24) is 4.98 Å². The fourth-order valence-corrected chi connectivity index (χ4v) is 3.02. The van der Waals surface area contributed by atoms with E-state index in [-0.39, 0.29) is 5.91 Å². The van der Waals surface area contributed by atoms with E-state index in [0.29, 0.717) is 12.5 Å². The van der Waals surface area contributed by atoms with Crippen molar-refractivity contribution in [1.29, 1.82) is 0 Å². The number of aromatic nitrogens is 1. The summed E-state index contributed by atoms with van der Waals surface area (Å²) in [6.45, 7) is 4.57. The summed E-state index contributed by atoms with van der Waals surface area (Å²) in [5, 5.41) is 3.00. The van der Waals surface area contributed by atoms with Crippen LogP contribution in [0.15, 0.2) is 12.1 Å². The van der Waals surface area contributed by atoms with Gasteiger partial charge in [0, 0.05) is 13.2 Å². The van der Waals surface area contributed by atoms with Crippen LogP contribution in [0.2, 0.25) is 0 Å². The molecule has 1 aromatic heterocycles. The molecule has 1 N–H and O–H groups in total. The van der Waals surface area contributed by atoms with Crippen molar-refractivity contribution < 1.29 is 14.3 Å². The average molecular weight is 320 g/mol. The maximum atomic E-state index is 12.8. The van der Waals surface area contributed by atoms with E-state index >= 15 is 0 Å². The van der Waals surface area contributed by atoms with Crippen molar-refractivity contribution in [2.45, 2.75) is 64.4 Å². The maximum Gasteiger partial charge on any atom is 0.256 e. The standard InChI is InChI=1S/C18H28N2O3/c1-4-13-23-16-10-9-15(14(2)19-16)20-17(21)18(22-3)11-7-5-6-8-12-18/h9-10H,4-8,11-13H2,1-3H3,(H,20,21). The second-order valence-corrected chi connectivity index (χ2v) is 6.20. The Balaban J connectivity index is 2.09. The van der Waals surface area contributed by atoms with Gasteiger partial charge in [0.1, 0.15) is 5.60 Å². The van der Waals surface area contributed by atoms with E-state index in [0.717, 1.165) is 43.5 Å². The zero-order valence-corrected chi connectivity index (χ0v) is 14.5. The monoisotopic (exact) mass is 320 g/mol. The number of hydrogen-bond acceptors (Lipinski definition) is 4. The molecule has 5 heteroatoms. The van der Waals surface area contributed by atoms with Gasteiger partial charge in [0.05, 0.1) is 18.0 Å². The van der Waals surface area contributed by atoms with Gasteiger partial charge in [-0.2, -0.15) is 0 Å². The second-order valence-electron chi connectivity index (χ2n) is 6.20. The highest BCUT2D eigenvalue weighted by Gasteiger charge is 2.38. The van der Waals surface area contributed by atoms with E-state index in [9.17, 15) is 4.79 Å². The first-order valence-corrected chi connectivity index (χ1v) is 8.58. The normalized spacial score (nSPS) is 17.3. The number of ether oxygens (including phenoxy) is 2. The van der Waals surface area contributed by atoms with Gasteiger partial charge in [0.2, 0.25) is 5.88 Å². The molecule has 1 fully saturated rings. The first-order chi connectivity index (χ1) is 11.1. The Morgan fingerprint density at radius 2 is 1.96 bits per heavy atom. The van der Waals surface area contributed by atoms with E-state index in [1.807, 2.05) is 13.0 Å². The molecule has 0 unspecified atom stereocenters. The zero-order valence-electron chi connectivity index (χ0n) is 14.5. The number of pyridine rings is 1. The van der Waals surface area contributed by atoms with Gasteiger partial charge in [-0.05, 0) is 32.3 Å². The molecular weight excluding hydrogens is 292 g/mol. The zero-order chi connectivity index (χ0) is 16.7. The summed E-state index contributed by atoms with van der Waals surface area (Å²) in [5.41, 5.74) is 0.770. The number of nitrogens with one attached hydrogen (secondary N) is 1. The van der Waals surface area contributed by atoms with Crippen molar-refractivity contribution in [2.24, 2.45) is 0 Å². The van der Waals surface area contributed by atoms with Gasteiger partial charge in [-0.15, -0.1) is 0 Å². The fraction of sp³-hybridized carbons (Fsp3) is 0.667. The van der Waals surface area contributed by atoms with Crippen molar-refractivity contribution in [3.8, 4) is 5.88 Å². The molecule has 1 amide bonds. The Morgan fingerprint density at radius 1 is 1.26 bits per heavy atom. The van der Waals surface area contributed by atoms with Crippen LogP contribution < -0.4 is 10.1 Å². The summed E-state index contributed by atoms with van der Waals surface area (Å²) in [6.07, 6.45) is 6.89. The summed E-state index contributed by atoms with van der Waals surface area (Å²) in [4.78, 5) is 17.2. The minimum Gasteiger partial charge on any atom is -0.478 e. The van der Waals surface area contributed by atoms with Gasteiger partial charge in [0.25, 0.3) is 5.91 Å². The number of carbonyl (C=O) groups excluding carboxylic acids is 1. The number of hydrogen-bond donors (Lipinski definition) is 1. The Morgan fingerprint density at radius 3 is 2.52 bits per heavy atom. The molecule has 1 saturated carbocycles. The van der Waals surface area contributed by atoms with Gasteiger partial charge < -0.3 is 14.8 Å². The van der Waals surface area contributed by atoms with Crippen LogP contribution in [-0.4, -0.2) is 30.2 Å². The molecule has 23 heavy (non-hydrogen) atoms. The van der Waals surface area contributed by atoms with Crippen LogP contribution in [0.4, 0.5) is 5.69 Å². The van der Waals surface area contributed by atoms with Gasteiger partial charge in [-0.1, -0.05) is 32.6 Å². The third-order valence-electron chi connectivity index (χ3n) is 4.48. The number of carbonyl (C=O) groups is 1. The second kappa shape index (κ2) is 8.29. The highest BCUT2D eigenvalue weighted by molar-refractivity contribution is 5.97. The van der Waals surface area contributed by atoms with E-state index in [4.69, 9.17) is 9.47 Å². The number of nitrogens with zero attached hydrogens (tertiary/aromatic N) is 1. The van der Waals surface area contributed by atoms with Crippen LogP contribution in [0.1, 0.15) is 57.6 Å². The predicted molar refractivity (Wildman–Crippen MR) is 90.8 cm³/mol. The molecule has 5 nitrogen and oxygen atoms in total. The Hall–Kier alpha value is -1.62. The van der Waals surface area contributed by atoms with Crippen LogP contribution in [0, 0.1) is 6.92 Å². The summed E-state index contributed by atoms with van der Waals surface area (Å²) < 4.78 is 11.2. The maximum absolute atomic E-state index is 12.8. The molecule has 1 aliphatic rings. The minimum absolute atomic E-state index is 0.0611.